The first-order chi connectivity index (χ1) is 20.4. The van der Waals surface area contributed by atoms with E-state index in [4.69, 9.17) is 17.3 Å². The second kappa shape index (κ2) is 11.6. The van der Waals surface area contributed by atoms with Crippen molar-refractivity contribution in [1.82, 2.24) is 19.0 Å². The fraction of sp³-hybridized carbons (Fsp3) is 0.367. The minimum atomic E-state index is -3.73. The second-order valence-electron chi connectivity index (χ2n) is 11.6. The lowest BCUT2D eigenvalue weighted by Crippen LogP contribution is -2.42. The fourth-order valence-corrected chi connectivity index (χ4v) is 10.9. The van der Waals surface area contributed by atoms with E-state index in [0.717, 1.165) is 23.9 Å². The summed E-state index contributed by atoms with van der Waals surface area (Å²) in [6.07, 6.45) is 4.86. The molecule has 9 nitrogen and oxygen atoms in total. The van der Waals surface area contributed by atoms with Gasteiger partial charge in [-0.25, -0.2) is 21.5 Å². The number of amides is 1. The van der Waals surface area contributed by atoms with E-state index in [0.29, 0.717) is 45.6 Å². The molecule has 13 heteroatoms. The monoisotopic (exact) mass is 656 g/mol. The molecule has 3 aliphatic rings. The van der Waals surface area contributed by atoms with Crippen molar-refractivity contribution < 1.29 is 21.6 Å². The molecule has 3 saturated heterocycles. The first-order valence-electron chi connectivity index (χ1n) is 14.1. The van der Waals surface area contributed by atoms with Crippen molar-refractivity contribution in [3.05, 3.63) is 71.3 Å². The highest BCUT2D eigenvalue weighted by molar-refractivity contribution is 8.26. The molecule has 3 unspecified atom stereocenters. The predicted octanol–water partition coefficient (Wildman–Crippen LogP) is 4.59. The second-order valence-corrected chi connectivity index (χ2v) is 17.5. The van der Waals surface area contributed by atoms with Crippen LogP contribution in [0.4, 0.5) is 0 Å². The van der Waals surface area contributed by atoms with Gasteiger partial charge in [0, 0.05) is 30.4 Å². The maximum absolute atomic E-state index is 13.7. The minimum absolute atomic E-state index is 0.0380. The van der Waals surface area contributed by atoms with Gasteiger partial charge in [-0.1, -0.05) is 68.2 Å². The molecule has 1 amide bonds. The number of rotatable bonds is 6. The number of aromatic nitrogens is 2. The first kappa shape index (κ1) is 30.2. The number of sulfonamides is 1. The molecule has 1 aromatic heterocycles. The van der Waals surface area contributed by atoms with E-state index in [9.17, 15) is 21.6 Å². The number of piperidine rings is 1. The Kier molecular flexibility index (Phi) is 8.14. The van der Waals surface area contributed by atoms with Gasteiger partial charge >= 0.3 is 0 Å². The van der Waals surface area contributed by atoms with Gasteiger partial charge in [0.15, 0.2) is 9.84 Å². The topological polar surface area (TPSA) is 110 Å². The number of thioether (sulfide) groups is 1. The predicted molar refractivity (Wildman–Crippen MR) is 173 cm³/mol. The summed E-state index contributed by atoms with van der Waals surface area (Å²) in [5, 5.41) is 4.83. The summed E-state index contributed by atoms with van der Waals surface area (Å²) >= 11 is 6.64. The SMILES string of the molecule is CC1CC(C)CN(S(=O)(=O)c2cccc(-c3nn(-c4ccccc4)cc3C=C3SC(=S)N(C4CCS(=O)(=O)C4)C3=O)c2)C1. The summed E-state index contributed by atoms with van der Waals surface area (Å²) in [6, 6.07) is 15.8. The van der Waals surface area contributed by atoms with Crippen molar-refractivity contribution >= 4 is 60.1 Å². The Morgan fingerprint density at radius 1 is 1.05 bits per heavy atom. The number of carbonyl (C=O) groups excluding carboxylic acids is 1. The zero-order valence-electron chi connectivity index (χ0n) is 23.8. The van der Waals surface area contributed by atoms with E-state index in [1.54, 1.807) is 39.5 Å². The minimum Gasteiger partial charge on any atom is -0.289 e. The third kappa shape index (κ3) is 6.10. The molecule has 3 fully saturated rings. The van der Waals surface area contributed by atoms with E-state index >= 15 is 0 Å². The number of thiocarbonyl (C=S) groups is 1. The standard InChI is InChI=1S/C30H32N4O5S4/c1-20-13-21(2)17-32(16-20)43(38,39)26-10-6-7-22(14-26)28-23(18-33(31-28)24-8-4-3-5-9-24)15-27-29(35)34(30(40)41-27)25-11-12-42(36,37)19-25/h3-10,14-15,18,20-21,25H,11-13,16-17,19H2,1-2H3. The Morgan fingerprint density at radius 2 is 1.77 bits per heavy atom. The maximum atomic E-state index is 13.7. The van der Waals surface area contributed by atoms with Crippen molar-refractivity contribution in [1.29, 1.82) is 0 Å². The molecule has 226 valence electrons. The number of hydrogen-bond donors (Lipinski definition) is 0. The van der Waals surface area contributed by atoms with Crippen molar-refractivity contribution in [2.24, 2.45) is 11.8 Å². The molecule has 0 N–H and O–H groups in total. The van der Waals surface area contributed by atoms with Crippen LogP contribution in [0.15, 0.2) is 70.6 Å². The number of benzene rings is 2. The van der Waals surface area contributed by atoms with E-state index < -0.39 is 25.9 Å². The summed E-state index contributed by atoms with van der Waals surface area (Å²) in [5.74, 6) is 0.159. The molecule has 2 aromatic carbocycles. The molecule has 43 heavy (non-hydrogen) atoms. The Hall–Kier alpha value is -2.84. The Bertz CT molecular complexity index is 1830. The van der Waals surface area contributed by atoms with Crippen LogP contribution in [0, 0.1) is 11.8 Å². The van der Waals surface area contributed by atoms with Crippen LogP contribution >= 0.6 is 24.0 Å². The van der Waals surface area contributed by atoms with E-state index in [1.807, 2.05) is 36.4 Å². The molecule has 0 bridgehead atoms. The molecule has 0 radical (unpaired) electrons. The highest BCUT2D eigenvalue weighted by atomic mass is 32.2. The number of para-hydroxylation sites is 1. The molecule has 3 aliphatic heterocycles. The zero-order valence-corrected chi connectivity index (χ0v) is 27.1. The van der Waals surface area contributed by atoms with Crippen molar-refractivity contribution in [3.8, 4) is 16.9 Å². The summed E-state index contributed by atoms with van der Waals surface area (Å²) in [4.78, 5) is 15.5. The van der Waals surface area contributed by atoms with Gasteiger partial charge in [-0.05, 0) is 55.0 Å². The van der Waals surface area contributed by atoms with Gasteiger partial charge in [0.05, 0.1) is 33.0 Å². The highest BCUT2D eigenvalue weighted by Gasteiger charge is 2.42. The average molecular weight is 657 g/mol. The lowest BCUT2D eigenvalue weighted by molar-refractivity contribution is -0.123. The van der Waals surface area contributed by atoms with Crippen LogP contribution in [0.2, 0.25) is 0 Å². The van der Waals surface area contributed by atoms with Gasteiger partial charge in [-0.3, -0.25) is 9.69 Å². The van der Waals surface area contributed by atoms with E-state index in [-0.39, 0.29) is 34.1 Å². The summed E-state index contributed by atoms with van der Waals surface area (Å²) in [5.41, 5.74) is 2.51. The summed E-state index contributed by atoms with van der Waals surface area (Å²) in [6.45, 7) is 5.11. The van der Waals surface area contributed by atoms with Crippen molar-refractivity contribution in [2.75, 3.05) is 24.6 Å². The van der Waals surface area contributed by atoms with Crippen molar-refractivity contribution in [3.63, 3.8) is 0 Å². The molecule has 0 aliphatic carbocycles. The Morgan fingerprint density at radius 3 is 2.44 bits per heavy atom. The third-order valence-electron chi connectivity index (χ3n) is 8.03. The highest BCUT2D eigenvalue weighted by Crippen LogP contribution is 2.38. The molecular weight excluding hydrogens is 625 g/mol. The largest absolute Gasteiger partial charge is 0.289 e. The Balaban J connectivity index is 1.39. The molecular formula is C30H32N4O5S4. The van der Waals surface area contributed by atoms with Gasteiger partial charge in [0.2, 0.25) is 10.0 Å². The quantitative estimate of drug-likeness (QED) is 0.280. The van der Waals surface area contributed by atoms with Gasteiger partial charge in [-0.2, -0.15) is 9.40 Å². The fourth-order valence-electron chi connectivity index (χ4n) is 6.10. The van der Waals surface area contributed by atoms with Gasteiger partial charge in [0.25, 0.3) is 5.91 Å². The number of hydrogen-bond acceptors (Lipinski definition) is 8. The average Bonchev–Trinajstić information content (AvgIpc) is 3.63. The van der Waals surface area contributed by atoms with Crippen LogP contribution < -0.4 is 0 Å². The molecule has 3 atom stereocenters. The van der Waals surface area contributed by atoms with Crippen LogP contribution in [-0.4, -0.2) is 76.7 Å². The van der Waals surface area contributed by atoms with Gasteiger partial charge < -0.3 is 0 Å². The molecule has 4 heterocycles. The molecule has 6 rings (SSSR count). The molecule has 3 aromatic rings. The van der Waals surface area contributed by atoms with Crippen molar-refractivity contribution in [2.45, 2.75) is 37.6 Å². The van der Waals surface area contributed by atoms with Gasteiger partial charge in [0.1, 0.15) is 10.0 Å². The third-order valence-corrected chi connectivity index (χ3v) is 12.9. The first-order valence-corrected chi connectivity index (χ1v) is 18.6. The maximum Gasteiger partial charge on any atom is 0.266 e. The zero-order chi connectivity index (χ0) is 30.5. The summed E-state index contributed by atoms with van der Waals surface area (Å²) < 4.78 is 55.2. The van der Waals surface area contributed by atoms with E-state index in [1.165, 1.54) is 4.90 Å². The summed E-state index contributed by atoms with van der Waals surface area (Å²) in [7, 11) is -6.93. The Labute approximate surface area is 261 Å². The lowest BCUT2D eigenvalue weighted by Gasteiger charge is -2.34. The van der Waals surface area contributed by atoms with Crippen LogP contribution in [0.25, 0.3) is 23.0 Å². The molecule has 0 spiro atoms. The van der Waals surface area contributed by atoms with Crippen LogP contribution in [0.3, 0.4) is 0 Å². The normalized spacial score (nSPS) is 25.6. The molecule has 0 saturated carbocycles. The van der Waals surface area contributed by atoms with Crippen LogP contribution in [0.5, 0.6) is 0 Å². The van der Waals surface area contributed by atoms with Gasteiger partial charge in [-0.15, -0.1) is 0 Å². The van der Waals surface area contributed by atoms with Crippen LogP contribution in [0.1, 0.15) is 32.3 Å². The number of carbonyl (C=O) groups is 1. The van der Waals surface area contributed by atoms with E-state index in [2.05, 4.69) is 13.8 Å². The lowest BCUT2D eigenvalue weighted by atomic mass is 9.94. The number of sulfone groups is 1. The smallest absolute Gasteiger partial charge is 0.266 e. The number of nitrogens with zero attached hydrogens (tertiary/aromatic N) is 4. The van der Waals surface area contributed by atoms with Crippen LogP contribution in [-0.2, 0) is 24.7 Å².